The maximum Gasteiger partial charge on any atom is 0.227 e. The third-order valence-electron chi connectivity index (χ3n) is 7.04. The molecule has 4 bridgehead atoms. The van der Waals surface area contributed by atoms with Crippen molar-refractivity contribution < 1.29 is 9.90 Å². The number of para-hydroxylation sites is 2. The zero-order chi connectivity index (χ0) is 18.6. The number of imidazole rings is 1. The fraction of sp³-hybridized carbons (Fsp3) is 0.636. The molecule has 4 saturated carbocycles. The highest BCUT2D eigenvalue weighted by atomic mass is 16.3. The maximum absolute atomic E-state index is 13.0. The number of fused-ring (bicyclic) bond motifs is 1. The predicted molar refractivity (Wildman–Crippen MR) is 105 cm³/mol. The summed E-state index contributed by atoms with van der Waals surface area (Å²) < 4.78 is 2.11. The van der Waals surface area contributed by atoms with Crippen LogP contribution >= 0.6 is 0 Å². The smallest absolute Gasteiger partial charge is 0.227 e. The summed E-state index contributed by atoms with van der Waals surface area (Å²) in [5, 5.41) is 14.0. The number of hydrogen-bond acceptors (Lipinski definition) is 3. The van der Waals surface area contributed by atoms with Crippen LogP contribution in [0.5, 0.6) is 0 Å². The minimum absolute atomic E-state index is 0.00941. The number of carbonyl (C=O) groups is 1. The summed E-state index contributed by atoms with van der Waals surface area (Å²) in [5.41, 5.74) is 1.47. The van der Waals surface area contributed by atoms with Gasteiger partial charge in [0.2, 0.25) is 11.9 Å². The van der Waals surface area contributed by atoms with Crippen LogP contribution in [0.2, 0.25) is 0 Å². The van der Waals surface area contributed by atoms with Crippen LogP contribution in [0.15, 0.2) is 24.3 Å². The summed E-state index contributed by atoms with van der Waals surface area (Å²) in [7, 11) is 0. The lowest BCUT2D eigenvalue weighted by atomic mass is 9.47. The van der Waals surface area contributed by atoms with E-state index in [4.69, 9.17) is 0 Å². The van der Waals surface area contributed by atoms with Crippen LogP contribution < -0.4 is 5.32 Å². The molecule has 27 heavy (non-hydrogen) atoms. The van der Waals surface area contributed by atoms with Gasteiger partial charge in [0, 0.05) is 13.0 Å². The second kappa shape index (κ2) is 6.06. The van der Waals surface area contributed by atoms with Crippen molar-refractivity contribution in [2.75, 3.05) is 5.32 Å². The SMILES string of the molecule is CCCn1c(NC(=O)CC23C[C@H]4C[C@@H](CC(O)(C4)C2)C3)nc2ccccc21. The van der Waals surface area contributed by atoms with Crippen LogP contribution in [0, 0.1) is 17.3 Å². The Hall–Kier alpha value is -1.88. The van der Waals surface area contributed by atoms with E-state index in [0.717, 1.165) is 56.1 Å². The van der Waals surface area contributed by atoms with Crippen molar-refractivity contribution >= 4 is 22.9 Å². The first-order valence-corrected chi connectivity index (χ1v) is 10.5. The number of hydrogen-bond donors (Lipinski definition) is 2. The van der Waals surface area contributed by atoms with Gasteiger partial charge in [0.25, 0.3) is 0 Å². The number of carbonyl (C=O) groups excluding carboxylic acids is 1. The highest BCUT2D eigenvalue weighted by Gasteiger charge is 2.57. The van der Waals surface area contributed by atoms with Crippen LogP contribution in [0.4, 0.5) is 5.95 Å². The van der Waals surface area contributed by atoms with Gasteiger partial charge in [-0.15, -0.1) is 0 Å². The van der Waals surface area contributed by atoms with Crippen molar-refractivity contribution in [2.24, 2.45) is 17.3 Å². The number of anilines is 1. The van der Waals surface area contributed by atoms with Crippen molar-refractivity contribution in [3.05, 3.63) is 24.3 Å². The van der Waals surface area contributed by atoms with E-state index in [1.54, 1.807) is 0 Å². The monoisotopic (exact) mass is 367 g/mol. The molecule has 6 rings (SSSR count). The molecular weight excluding hydrogens is 338 g/mol. The average molecular weight is 367 g/mol. The first-order valence-electron chi connectivity index (χ1n) is 10.5. The van der Waals surface area contributed by atoms with Crippen molar-refractivity contribution in [1.29, 1.82) is 0 Å². The molecule has 0 unspecified atom stereocenters. The van der Waals surface area contributed by atoms with E-state index in [-0.39, 0.29) is 11.3 Å². The molecule has 5 heteroatoms. The Labute approximate surface area is 160 Å². The maximum atomic E-state index is 13.0. The minimum atomic E-state index is -0.514. The molecular formula is C22H29N3O2. The van der Waals surface area contributed by atoms with Crippen LogP contribution in [-0.4, -0.2) is 26.2 Å². The Bertz CT molecular complexity index is 873. The molecule has 0 saturated heterocycles. The molecule has 1 aromatic heterocycles. The quantitative estimate of drug-likeness (QED) is 0.836. The number of aryl methyl sites for hydroxylation is 1. The Morgan fingerprint density at radius 2 is 2.00 bits per heavy atom. The molecule has 144 valence electrons. The molecule has 0 spiro atoms. The van der Waals surface area contributed by atoms with Gasteiger partial charge in [-0.1, -0.05) is 19.1 Å². The standard InChI is InChI=1S/C22H29N3O2/c1-2-7-25-18-6-4-3-5-17(18)23-20(25)24-19(26)13-21-9-15-8-16(10-21)12-22(27,11-15)14-21/h3-6,15-16,27H,2,7-14H2,1H3,(H,23,24,26)/t15-,16-,21?,22?/m1/s1. The Kier molecular flexibility index (Phi) is 3.87. The lowest BCUT2D eigenvalue weighted by Gasteiger charge is -2.60. The highest BCUT2D eigenvalue weighted by molar-refractivity contribution is 5.92. The van der Waals surface area contributed by atoms with Gasteiger partial charge in [-0.2, -0.15) is 0 Å². The zero-order valence-corrected chi connectivity index (χ0v) is 16.1. The normalized spacial score (nSPS) is 34.3. The lowest BCUT2D eigenvalue weighted by molar-refractivity contribution is -0.167. The third kappa shape index (κ3) is 2.96. The fourth-order valence-corrected chi connectivity index (χ4v) is 6.74. The number of nitrogens with one attached hydrogen (secondary N) is 1. The van der Waals surface area contributed by atoms with Gasteiger partial charge in [-0.3, -0.25) is 10.1 Å². The first-order chi connectivity index (χ1) is 13.0. The summed E-state index contributed by atoms with van der Waals surface area (Å²) >= 11 is 0. The third-order valence-corrected chi connectivity index (χ3v) is 7.04. The van der Waals surface area contributed by atoms with Gasteiger partial charge < -0.3 is 9.67 Å². The molecule has 0 aliphatic heterocycles. The van der Waals surface area contributed by atoms with Crippen molar-refractivity contribution in [3.8, 4) is 0 Å². The predicted octanol–water partition coefficient (Wildman–Crippen LogP) is 4.11. The van der Waals surface area contributed by atoms with Crippen LogP contribution in [0.1, 0.15) is 58.3 Å². The van der Waals surface area contributed by atoms with E-state index >= 15 is 0 Å². The topological polar surface area (TPSA) is 67.2 Å². The van der Waals surface area contributed by atoms with Gasteiger partial charge in [0.1, 0.15) is 0 Å². The van der Waals surface area contributed by atoms with E-state index in [9.17, 15) is 9.90 Å². The number of rotatable bonds is 5. The van der Waals surface area contributed by atoms with E-state index < -0.39 is 5.60 Å². The van der Waals surface area contributed by atoms with E-state index in [1.807, 2.05) is 18.2 Å². The lowest BCUT2D eigenvalue weighted by Crippen LogP contribution is -2.56. The van der Waals surface area contributed by atoms with Gasteiger partial charge in [0.05, 0.1) is 16.6 Å². The molecule has 5 nitrogen and oxygen atoms in total. The second-order valence-electron chi connectivity index (χ2n) is 9.49. The molecule has 1 heterocycles. The largest absolute Gasteiger partial charge is 0.390 e. The number of amides is 1. The Morgan fingerprint density at radius 1 is 1.26 bits per heavy atom. The molecule has 0 radical (unpaired) electrons. The molecule has 1 amide bonds. The summed E-state index contributed by atoms with van der Waals surface area (Å²) in [6.07, 6.45) is 7.64. The minimum Gasteiger partial charge on any atom is -0.390 e. The molecule has 2 N–H and O–H groups in total. The van der Waals surface area contributed by atoms with Gasteiger partial charge in [0.15, 0.2) is 0 Å². The molecule has 2 atom stereocenters. The van der Waals surface area contributed by atoms with E-state index in [2.05, 4.69) is 27.9 Å². The van der Waals surface area contributed by atoms with Crippen molar-refractivity contribution in [3.63, 3.8) is 0 Å². The molecule has 4 aliphatic carbocycles. The summed E-state index contributed by atoms with van der Waals surface area (Å²) in [5.74, 6) is 1.92. The molecule has 1 aromatic carbocycles. The van der Waals surface area contributed by atoms with E-state index in [1.165, 1.54) is 6.42 Å². The number of nitrogens with zero attached hydrogens (tertiary/aromatic N) is 2. The van der Waals surface area contributed by atoms with Gasteiger partial charge >= 0.3 is 0 Å². The second-order valence-corrected chi connectivity index (χ2v) is 9.49. The van der Waals surface area contributed by atoms with Crippen molar-refractivity contribution in [1.82, 2.24) is 9.55 Å². The summed E-state index contributed by atoms with van der Waals surface area (Å²) in [6, 6.07) is 8.04. The van der Waals surface area contributed by atoms with Gasteiger partial charge in [-0.25, -0.2) is 4.98 Å². The van der Waals surface area contributed by atoms with Crippen LogP contribution in [0.25, 0.3) is 11.0 Å². The van der Waals surface area contributed by atoms with E-state index in [0.29, 0.717) is 24.2 Å². The van der Waals surface area contributed by atoms with Gasteiger partial charge in [-0.05, 0) is 74.3 Å². The summed E-state index contributed by atoms with van der Waals surface area (Å²) in [4.78, 5) is 17.6. The molecule has 4 fully saturated rings. The average Bonchev–Trinajstić information content (AvgIpc) is 2.90. The fourth-order valence-electron chi connectivity index (χ4n) is 6.74. The molecule has 2 aromatic rings. The number of aromatic nitrogens is 2. The highest BCUT2D eigenvalue weighted by Crippen LogP contribution is 2.62. The zero-order valence-electron chi connectivity index (χ0n) is 16.1. The first kappa shape index (κ1) is 17.2. The summed E-state index contributed by atoms with van der Waals surface area (Å²) in [6.45, 7) is 2.97. The Balaban J connectivity index is 1.37. The van der Waals surface area contributed by atoms with Crippen molar-refractivity contribution in [2.45, 2.75) is 70.4 Å². The molecule has 4 aliphatic rings. The number of aliphatic hydroxyl groups is 1. The van der Waals surface area contributed by atoms with Crippen LogP contribution in [0.3, 0.4) is 0 Å². The number of benzene rings is 1. The van der Waals surface area contributed by atoms with Crippen LogP contribution in [-0.2, 0) is 11.3 Å². The Morgan fingerprint density at radius 3 is 2.70 bits per heavy atom.